The lowest BCUT2D eigenvalue weighted by molar-refractivity contribution is -0.165. The molecule has 0 bridgehead atoms. The number of hydrogen-bond donors (Lipinski definition) is 2. The molecule has 1 aromatic carbocycles. The Balaban J connectivity index is 2.13. The molecule has 1 fully saturated rings. The van der Waals surface area contributed by atoms with E-state index < -0.39 is 23.7 Å². The second kappa shape index (κ2) is 5.40. The summed E-state index contributed by atoms with van der Waals surface area (Å²) in [6.45, 7) is -0.498. The number of rotatable bonds is 2. The number of aliphatic hydroxyl groups is 1. The van der Waals surface area contributed by atoms with E-state index in [1.54, 1.807) is 12.1 Å². The van der Waals surface area contributed by atoms with Crippen molar-refractivity contribution < 1.29 is 23.4 Å². The van der Waals surface area contributed by atoms with Gasteiger partial charge < -0.3 is 20.3 Å². The molecule has 0 amide bonds. The first-order valence-electron chi connectivity index (χ1n) is 7.16. The van der Waals surface area contributed by atoms with Crippen LogP contribution in [0.25, 0.3) is 0 Å². The maximum Gasteiger partial charge on any atom is 0.292 e. The molecule has 3 N–H and O–H groups in total. The second-order valence-corrected chi connectivity index (χ2v) is 7.01. The third-order valence-electron chi connectivity index (χ3n) is 4.49. The Morgan fingerprint density at radius 3 is 2.82 bits per heavy atom. The van der Waals surface area contributed by atoms with Crippen LogP contribution in [0.5, 0.6) is 5.75 Å². The summed E-state index contributed by atoms with van der Waals surface area (Å²) in [6.07, 6.45) is 1.23. The largest absolute Gasteiger partial charge is 0.484 e. The van der Waals surface area contributed by atoms with Crippen LogP contribution < -0.4 is 10.5 Å². The lowest BCUT2D eigenvalue weighted by Gasteiger charge is -2.50. The van der Waals surface area contributed by atoms with E-state index >= 15 is 0 Å². The molecule has 2 heterocycles. The van der Waals surface area contributed by atoms with E-state index in [2.05, 4.69) is 15.9 Å². The van der Waals surface area contributed by atoms with Crippen LogP contribution in [0.1, 0.15) is 24.8 Å². The number of benzene rings is 1. The zero-order valence-electron chi connectivity index (χ0n) is 11.9. The Labute approximate surface area is 135 Å². The highest BCUT2D eigenvalue weighted by molar-refractivity contribution is 9.10. The molecule has 7 heteroatoms. The monoisotopic (exact) mass is 377 g/mol. The van der Waals surface area contributed by atoms with Gasteiger partial charge in [0.15, 0.2) is 0 Å². The van der Waals surface area contributed by atoms with Gasteiger partial charge in [0.2, 0.25) is 0 Å². The third kappa shape index (κ3) is 2.44. The lowest BCUT2D eigenvalue weighted by Crippen LogP contribution is -2.63. The van der Waals surface area contributed by atoms with E-state index in [9.17, 15) is 13.9 Å². The SMILES string of the molecule is N[C@]1(C(F)(F)CO)C[C@]2(CCCOC2)Oc2ccc(Br)cc21. The molecule has 0 saturated carbocycles. The van der Waals surface area contributed by atoms with Crippen LogP contribution >= 0.6 is 15.9 Å². The van der Waals surface area contributed by atoms with Crippen molar-refractivity contribution in [1.29, 1.82) is 0 Å². The quantitative estimate of drug-likeness (QED) is 0.831. The highest BCUT2D eigenvalue weighted by Gasteiger charge is 2.60. The van der Waals surface area contributed by atoms with Crippen LogP contribution in [-0.2, 0) is 10.3 Å². The Morgan fingerprint density at radius 2 is 2.18 bits per heavy atom. The van der Waals surface area contributed by atoms with Gasteiger partial charge in [-0.25, -0.2) is 8.78 Å². The van der Waals surface area contributed by atoms with Gasteiger partial charge in [0.05, 0.1) is 6.61 Å². The molecular weight excluding hydrogens is 360 g/mol. The summed E-state index contributed by atoms with van der Waals surface area (Å²) in [7, 11) is 0. The van der Waals surface area contributed by atoms with Crippen molar-refractivity contribution in [3.8, 4) is 5.75 Å². The first-order chi connectivity index (χ1) is 10.3. The molecule has 0 aliphatic carbocycles. The van der Waals surface area contributed by atoms with Gasteiger partial charge in [0.25, 0.3) is 5.92 Å². The summed E-state index contributed by atoms with van der Waals surface area (Å²) in [5.41, 5.74) is 3.50. The van der Waals surface area contributed by atoms with Crippen molar-refractivity contribution in [2.45, 2.75) is 36.3 Å². The van der Waals surface area contributed by atoms with Gasteiger partial charge >= 0.3 is 0 Å². The second-order valence-electron chi connectivity index (χ2n) is 6.09. The molecule has 22 heavy (non-hydrogen) atoms. The van der Waals surface area contributed by atoms with Gasteiger partial charge in [-0.15, -0.1) is 0 Å². The standard InChI is InChI=1S/C15H18BrF2NO3/c16-10-2-3-12-11(6-10)14(19,15(17,18)8-20)7-13(22-12)4-1-5-21-9-13/h2-3,6,20H,1,4-5,7-9,19H2/t13-,14+/m0/s1. The minimum atomic E-state index is -3.46. The molecule has 3 rings (SSSR count). The predicted molar refractivity (Wildman–Crippen MR) is 80.1 cm³/mol. The van der Waals surface area contributed by atoms with Crippen LogP contribution in [0.15, 0.2) is 22.7 Å². The number of halogens is 3. The Morgan fingerprint density at radius 1 is 1.41 bits per heavy atom. The molecule has 122 valence electrons. The minimum absolute atomic E-state index is 0.100. The number of nitrogens with two attached hydrogens (primary N) is 1. The highest BCUT2D eigenvalue weighted by Crippen LogP contribution is 2.51. The number of aliphatic hydroxyl groups excluding tert-OH is 1. The fourth-order valence-corrected chi connectivity index (χ4v) is 3.69. The van der Waals surface area contributed by atoms with Crippen LogP contribution in [-0.4, -0.2) is 36.5 Å². The number of hydrogen-bond acceptors (Lipinski definition) is 4. The van der Waals surface area contributed by atoms with E-state index in [-0.39, 0.29) is 18.6 Å². The fraction of sp³-hybridized carbons (Fsp3) is 0.600. The molecule has 2 atom stereocenters. The first-order valence-corrected chi connectivity index (χ1v) is 7.96. The summed E-state index contributed by atoms with van der Waals surface area (Å²) < 4.78 is 41.1. The molecule has 0 aromatic heterocycles. The van der Waals surface area contributed by atoms with E-state index in [0.29, 0.717) is 23.2 Å². The van der Waals surface area contributed by atoms with Crippen molar-refractivity contribution in [2.75, 3.05) is 19.8 Å². The van der Waals surface area contributed by atoms with Gasteiger partial charge in [-0.1, -0.05) is 15.9 Å². The summed E-state index contributed by atoms with van der Waals surface area (Å²) in [5, 5.41) is 9.18. The number of ether oxygens (including phenoxy) is 2. The van der Waals surface area contributed by atoms with Crippen molar-refractivity contribution in [1.82, 2.24) is 0 Å². The molecule has 2 aliphatic heterocycles. The van der Waals surface area contributed by atoms with Gasteiger partial charge in [0.1, 0.15) is 23.5 Å². The van der Waals surface area contributed by atoms with Crippen LogP contribution in [0.2, 0.25) is 0 Å². The zero-order valence-corrected chi connectivity index (χ0v) is 13.5. The zero-order chi connectivity index (χ0) is 16.0. The molecule has 1 aromatic rings. The van der Waals surface area contributed by atoms with Crippen LogP contribution in [0, 0.1) is 0 Å². The number of fused-ring (bicyclic) bond motifs is 1. The number of alkyl halides is 2. The highest BCUT2D eigenvalue weighted by atomic mass is 79.9. The minimum Gasteiger partial charge on any atom is -0.484 e. The molecule has 1 spiro atoms. The first kappa shape index (κ1) is 16.1. The summed E-state index contributed by atoms with van der Waals surface area (Å²) in [4.78, 5) is 0. The smallest absolute Gasteiger partial charge is 0.292 e. The average molecular weight is 378 g/mol. The van der Waals surface area contributed by atoms with Crippen molar-refractivity contribution in [3.63, 3.8) is 0 Å². The van der Waals surface area contributed by atoms with Crippen LogP contribution in [0.4, 0.5) is 8.78 Å². The Hall–Kier alpha value is -0.760. The van der Waals surface area contributed by atoms with Crippen LogP contribution in [0.3, 0.4) is 0 Å². The molecule has 4 nitrogen and oxygen atoms in total. The Bertz CT molecular complexity index is 578. The molecule has 1 saturated heterocycles. The topological polar surface area (TPSA) is 64.7 Å². The van der Waals surface area contributed by atoms with E-state index in [0.717, 1.165) is 6.42 Å². The van der Waals surface area contributed by atoms with Gasteiger partial charge in [-0.3, -0.25) is 0 Å². The van der Waals surface area contributed by atoms with Crippen molar-refractivity contribution >= 4 is 15.9 Å². The van der Waals surface area contributed by atoms with Gasteiger partial charge in [0, 0.05) is 23.1 Å². The lowest BCUT2D eigenvalue weighted by atomic mass is 9.71. The Kier molecular flexibility index (Phi) is 3.96. The average Bonchev–Trinajstić information content (AvgIpc) is 2.49. The van der Waals surface area contributed by atoms with E-state index in [1.165, 1.54) is 6.07 Å². The van der Waals surface area contributed by atoms with E-state index in [1.807, 2.05) is 0 Å². The van der Waals surface area contributed by atoms with Crippen molar-refractivity contribution in [3.05, 3.63) is 28.2 Å². The molecular formula is C15H18BrF2NO3. The molecule has 0 radical (unpaired) electrons. The molecule has 2 aliphatic rings. The summed E-state index contributed by atoms with van der Waals surface area (Å²) >= 11 is 3.28. The summed E-state index contributed by atoms with van der Waals surface area (Å²) in [5.74, 6) is -3.13. The maximum atomic E-state index is 14.5. The van der Waals surface area contributed by atoms with Crippen molar-refractivity contribution in [2.24, 2.45) is 5.73 Å². The van der Waals surface area contributed by atoms with E-state index in [4.69, 9.17) is 15.2 Å². The third-order valence-corrected chi connectivity index (χ3v) is 4.98. The molecule has 0 unspecified atom stereocenters. The van der Waals surface area contributed by atoms with Gasteiger partial charge in [-0.2, -0.15) is 0 Å². The van der Waals surface area contributed by atoms with Gasteiger partial charge in [-0.05, 0) is 31.0 Å². The normalized spacial score (nSPS) is 31.7. The maximum absolute atomic E-state index is 14.5. The fourth-order valence-electron chi connectivity index (χ4n) is 3.33. The summed E-state index contributed by atoms with van der Waals surface area (Å²) in [6, 6.07) is 4.89. The predicted octanol–water partition coefficient (Wildman–Crippen LogP) is 2.56.